The Hall–Kier alpha value is -1.73. The van der Waals surface area contributed by atoms with Crippen LogP contribution in [0, 0.1) is 56.2 Å². The SMILES string of the molecule is CC(=O)C[C@@H]1[C@@]2(C)C=C(C#N)C(=O)C(C)(C)[C@@H]2CC[C@@]1(C)C(C)(C)CC[C@@]1(NS(=O)(=O)CC(F)(F)F)CCC(C)(C)CC1C. The molecule has 2 saturated carbocycles. The van der Waals surface area contributed by atoms with Gasteiger partial charge in [-0.15, -0.1) is 0 Å². The Morgan fingerprint density at radius 1 is 1.09 bits per heavy atom. The van der Waals surface area contributed by atoms with E-state index in [9.17, 15) is 36.4 Å². The molecule has 6 nitrogen and oxygen atoms in total. The number of hydrogen-bond acceptors (Lipinski definition) is 5. The van der Waals surface area contributed by atoms with Crippen molar-refractivity contribution >= 4 is 21.6 Å². The molecule has 0 saturated heterocycles. The molecule has 0 radical (unpaired) electrons. The summed E-state index contributed by atoms with van der Waals surface area (Å²) in [6, 6.07) is 2.11. The van der Waals surface area contributed by atoms with Crippen molar-refractivity contribution in [2.45, 2.75) is 132 Å². The summed E-state index contributed by atoms with van der Waals surface area (Å²) in [5.41, 5.74) is -3.29. The summed E-state index contributed by atoms with van der Waals surface area (Å²) < 4.78 is 68.2. The number of ketones is 2. The number of nitrogens with one attached hydrogen (secondary N) is 1. The van der Waals surface area contributed by atoms with Crippen molar-refractivity contribution in [2.24, 2.45) is 44.8 Å². The van der Waals surface area contributed by atoms with Crippen LogP contribution in [0.2, 0.25) is 0 Å². The van der Waals surface area contributed by atoms with E-state index in [1.54, 1.807) is 6.92 Å². The molecule has 44 heavy (non-hydrogen) atoms. The van der Waals surface area contributed by atoms with E-state index < -0.39 is 49.2 Å². The van der Waals surface area contributed by atoms with Gasteiger partial charge in [-0.05, 0) is 91.3 Å². The van der Waals surface area contributed by atoms with Crippen molar-refractivity contribution in [1.82, 2.24) is 4.72 Å². The van der Waals surface area contributed by atoms with Crippen LogP contribution in [0.25, 0.3) is 0 Å². The average molecular weight is 643 g/mol. The second kappa shape index (κ2) is 11.5. The number of carbonyl (C=O) groups is 2. The minimum absolute atomic E-state index is 0.0139. The molecule has 0 aliphatic heterocycles. The van der Waals surface area contributed by atoms with Crippen LogP contribution in [0.4, 0.5) is 13.2 Å². The third-order valence-corrected chi connectivity index (χ3v) is 13.9. The maximum Gasteiger partial charge on any atom is 0.404 e. The van der Waals surface area contributed by atoms with Crippen molar-refractivity contribution in [2.75, 3.05) is 5.75 Å². The molecule has 0 amide bonds. The molecule has 0 aromatic carbocycles. The number of nitrogens with zero attached hydrogens (tertiary/aromatic N) is 1. The number of alkyl halides is 3. The Balaban J connectivity index is 2.06. The first-order valence-corrected chi connectivity index (χ1v) is 17.6. The molecule has 6 atom stereocenters. The Morgan fingerprint density at radius 3 is 2.18 bits per heavy atom. The largest absolute Gasteiger partial charge is 0.404 e. The van der Waals surface area contributed by atoms with Crippen LogP contribution >= 0.6 is 0 Å². The van der Waals surface area contributed by atoms with Gasteiger partial charge in [0.25, 0.3) is 0 Å². The average Bonchev–Trinajstić information content (AvgIpc) is 2.83. The highest BCUT2D eigenvalue weighted by atomic mass is 32.2. The van der Waals surface area contributed by atoms with Gasteiger partial charge in [0, 0.05) is 17.4 Å². The summed E-state index contributed by atoms with van der Waals surface area (Å²) in [7, 11) is -4.64. The van der Waals surface area contributed by atoms with Crippen LogP contribution < -0.4 is 4.72 Å². The van der Waals surface area contributed by atoms with Crippen LogP contribution in [0.15, 0.2) is 11.6 Å². The lowest BCUT2D eigenvalue weighted by molar-refractivity contribution is -0.156. The number of sulfonamides is 1. The minimum Gasteiger partial charge on any atom is -0.300 e. The fraction of sp³-hybridized carbons (Fsp3) is 0.853. The number of halogens is 3. The molecule has 250 valence electrons. The van der Waals surface area contributed by atoms with E-state index in [2.05, 4.69) is 52.3 Å². The number of nitriles is 1. The zero-order valence-corrected chi connectivity index (χ0v) is 29.1. The van der Waals surface area contributed by atoms with E-state index in [4.69, 9.17) is 0 Å². The van der Waals surface area contributed by atoms with Gasteiger partial charge in [0.2, 0.25) is 10.0 Å². The van der Waals surface area contributed by atoms with Crippen molar-refractivity contribution in [3.63, 3.8) is 0 Å². The van der Waals surface area contributed by atoms with Crippen molar-refractivity contribution in [1.29, 1.82) is 5.26 Å². The first-order chi connectivity index (χ1) is 19.7. The first kappa shape index (κ1) is 36.7. The third kappa shape index (κ3) is 6.84. The fourth-order valence-corrected chi connectivity index (χ4v) is 11.1. The molecular formula is C34H53F3N2O4S. The molecule has 0 heterocycles. The summed E-state index contributed by atoms with van der Waals surface area (Å²) in [5.74, 6) is -2.55. The lowest BCUT2D eigenvalue weighted by Gasteiger charge is -2.64. The van der Waals surface area contributed by atoms with E-state index in [-0.39, 0.29) is 46.7 Å². The van der Waals surface area contributed by atoms with Gasteiger partial charge in [-0.25, -0.2) is 13.1 Å². The van der Waals surface area contributed by atoms with Crippen LogP contribution in [0.3, 0.4) is 0 Å². The summed E-state index contributed by atoms with van der Waals surface area (Å²) >= 11 is 0. The number of fused-ring (bicyclic) bond motifs is 1. The lowest BCUT2D eigenvalue weighted by Crippen LogP contribution is -2.61. The number of carbonyl (C=O) groups excluding carboxylic acids is 2. The normalized spacial score (nSPS) is 35.8. The van der Waals surface area contributed by atoms with E-state index in [0.717, 1.165) is 6.42 Å². The summed E-state index contributed by atoms with van der Waals surface area (Å²) in [6.07, 6.45) is 1.34. The molecule has 0 aromatic heterocycles. The van der Waals surface area contributed by atoms with Gasteiger partial charge < -0.3 is 4.79 Å². The van der Waals surface area contributed by atoms with Gasteiger partial charge in [-0.2, -0.15) is 18.4 Å². The summed E-state index contributed by atoms with van der Waals surface area (Å²) in [6.45, 7) is 20.0. The van der Waals surface area contributed by atoms with E-state index >= 15 is 0 Å². The molecule has 3 aliphatic rings. The topological polar surface area (TPSA) is 104 Å². The van der Waals surface area contributed by atoms with Gasteiger partial charge >= 0.3 is 6.18 Å². The zero-order valence-electron chi connectivity index (χ0n) is 28.3. The number of allylic oxidation sites excluding steroid dienone is 2. The van der Waals surface area contributed by atoms with Gasteiger partial charge in [0.1, 0.15) is 11.9 Å². The Morgan fingerprint density at radius 2 is 1.68 bits per heavy atom. The molecule has 1 unspecified atom stereocenters. The Bertz CT molecular complexity index is 1340. The van der Waals surface area contributed by atoms with Crippen LogP contribution in [0.5, 0.6) is 0 Å². The van der Waals surface area contributed by atoms with Crippen LogP contribution in [-0.4, -0.2) is 37.5 Å². The second-order valence-corrected chi connectivity index (χ2v) is 18.6. The smallest absolute Gasteiger partial charge is 0.300 e. The number of rotatable bonds is 9. The van der Waals surface area contributed by atoms with E-state index in [1.807, 2.05) is 26.8 Å². The van der Waals surface area contributed by atoms with Gasteiger partial charge in [-0.3, -0.25) is 4.79 Å². The predicted molar refractivity (Wildman–Crippen MR) is 166 cm³/mol. The van der Waals surface area contributed by atoms with Crippen molar-refractivity contribution in [3.8, 4) is 6.07 Å². The molecule has 2 fully saturated rings. The van der Waals surface area contributed by atoms with Crippen molar-refractivity contribution in [3.05, 3.63) is 11.6 Å². The molecule has 0 aromatic rings. The monoisotopic (exact) mass is 642 g/mol. The standard InChI is InChI=1S/C34H53F3N2O4S/c1-22-18-28(3,4)13-15-33(22,39-44(42,43)21-34(35,36)37)16-14-29(5,6)32(10)12-11-25-30(7,8)27(41)24(20-38)19-31(25,9)26(32)17-23(2)40/h19,22,25-26,39H,11-18,21H2,1-10H3/t22?,25-,26+,31-,32+,33-/m0/s1. The highest BCUT2D eigenvalue weighted by Crippen LogP contribution is 2.68. The predicted octanol–water partition coefficient (Wildman–Crippen LogP) is 7.94. The number of Topliss-reactive ketones (excluding diaryl/α,β-unsaturated/α-hetero) is 2. The molecule has 10 heteroatoms. The third-order valence-electron chi connectivity index (χ3n) is 12.5. The molecule has 3 aliphatic carbocycles. The second-order valence-electron chi connectivity index (χ2n) is 16.8. The molecular weight excluding hydrogens is 589 g/mol. The molecule has 0 bridgehead atoms. The Labute approximate surface area is 263 Å². The minimum atomic E-state index is -4.85. The summed E-state index contributed by atoms with van der Waals surface area (Å²) in [4.78, 5) is 26.1. The van der Waals surface area contributed by atoms with Crippen LogP contribution in [-0.2, 0) is 19.6 Å². The Kier molecular flexibility index (Phi) is 9.61. The molecule has 1 N–H and O–H groups in total. The molecule has 0 spiro atoms. The summed E-state index contributed by atoms with van der Waals surface area (Å²) in [5, 5.41) is 9.91. The van der Waals surface area contributed by atoms with Gasteiger partial charge in [-0.1, -0.05) is 68.4 Å². The van der Waals surface area contributed by atoms with Crippen LogP contribution in [0.1, 0.15) is 121 Å². The lowest BCUT2D eigenvalue weighted by atomic mass is 9.39. The van der Waals surface area contributed by atoms with E-state index in [1.165, 1.54) is 0 Å². The highest BCUT2D eigenvalue weighted by Gasteiger charge is 2.63. The van der Waals surface area contributed by atoms with E-state index in [0.29, 0.717) is 38.5 Å². The first-order valence-electron chi connectivity index (χ1n) is 15.9. The quantitative estimate of drug-likeness (QED) is 0.275. The maximum atomic E-state index is 13.3. The van der Waals surface area contributed by atoms with Gasteiger partial charge in [0.15, 0.2) is 11.5 Å². The van der Waals surface area contributed by atoms with Gasteiger partial charge in [0.05, 0.1) is 5.57 Å². The highest BCUT2D eigenvalue weighted by molar-refractivity contribution is 7.89. The zero-order chi connectivity index (χ0) is 33.9. The van der Waals surface area contributed by atoms with Crippen molar-refractivity contribution < 1.29 is 31.2 Å². The maximum absolute atomic E-state index is 13.3. The fourth-order valence-electron chi connectivity index (χ4n) is 9.60. The number of hydrogen-bond donors (Lipinski definition) is 1. The molecule has 3 rings (SSSR count).